The second-order valence-electron chi connectivity index (χ2n) is 8.90. The van der Waals surface area contributed by atoms with Crippen molar-refractivity contribution in [1.29, 1.82) is 0 Å². The van der Waals surface area contributed by atoms with Crippen LogP contribution < -0.4 is 5.56 Å². The zero-order valence-corrected chi connectivity index (χ0v) is 18.7. The fourth-order valence-corrected chi connectivity index (χ4v) is 4.67. The topological polar surface area (TPSA) is 94.0 Å². The predicted octanol–water partition coefficient (Wildman–Crippen LogP) is 1.32. The van der Waals surface area contributed by atoms with Gasteiger partial charge < -0.3 is 14.7 Å². The number of carbonyl (C=O) groups excluding carboxylic acids is 2. The number of piperidine rings is 1. The van der Waals surface area contributed by atoms with Gasteiger partial charge in [0.05, 0.1) is 36.1 Å². The molecule has 2 amide bonds. The van der Waals surface area contributed by atoms with Crippen LogP contribution in [0.3, 0.4) is 0 Å². The van der Waals surface area contributed by atoms with E-state index in [0.717, 1.165) is 43.6 Å². The molecule has 4 heterocycles. The molecule has 9 heteroatoms. The lowest BCUT2D eigenvalue weighted by Crippen LogP contribution is -2.43. The molecule has 168 valence electrons. The summed E-state index contributed by atoms with van der Waals surface area (Å²) in [5.41, 5.74) is 2.64. The number of rotatable bonds is 5. The minimum absolute atomic E-state index is 0.0815. The van der Waals surface area contributed by atoms with Crippen molar-refractivity contribution < 1.29 is 9.59 Å². The summed E-state index contributed by atoms with van der Waals surface area (Å²) >= 11 is 0. The average molecular weight is 429 g/mol. The van der Waals surface area contributed by atoms with Crippen LogP contribution in [-0.2, 0) is 22.6 Å². The molecule has 0 aliphatic carbocycles. The highest BCUT2D eigenvalue weighted by atomic mass is 16.2. The van der Waals surface area contributed by atoms with Crippen molar-refractivity contribution in [1.82, 2.24) is 29.3 Å². The molecule has 2 aliphatic rings. The number of likely N-dealkylation sites (N-methyl/N-ethyl adjacent to an activating group) is 1. The van der Waals surface area contributed by atoms with E-state index in [4.69, 9.17) is 4.98 Å². The van der Waals surface area contributed by atoms with E-state index in [0.29, 0.717) is 43.7 Å². The number of hydrogen-bond acceptors (Lipinski definition) is 5. The van der Waals surface area contributed by atoms with Gasteiger partial charge in [0.2, 0.25) is 11.8 Å². The van der Waals surface area contributed by atoms with Crippen molar-refractivity contribution in [3.05, 3.63) is 33.4 Å². The van der Waals surface area contributed by atoms with Crippen molar-refractivity contribution in [2.75, 3.05) is 33.7 Å². The third kappa shape index (κ3) is 4.23. The number of nitrogens with one attached hydrogen (secondary N) is 1. The van der Waals surface area contributed by atoms with Gasteiger partial charge in [-0.3, -0.25) is 19.5 Å². The van der Waals surface area contributed by atoms with Gasteiger partial charge in [-0.1, -0.05) is 6.92 Å². The minimum atomic E-state index is -0.151. The Bertz CT molecular complexity index is 1040. The Hall–Kier alpha value is -2.68. The van der Waals surface area contributed by atoms with Crippen LogP contribution in [0.15, 0.2) is 10.9 Å². The highest BCUT2D eigenvalue weighted by Gasteiger charge is 2.31. The monoisotopic (exact) mass is 428 g/mol. The summed E-state index contributed by atoms with van der Waals surface area (Å²) in [5.74, 6) is 0.181. The lowest BCUT2D eigenvalue weighted by molar-refractivity contribution is -0.136. The van der Waals surface area contributed by atoms with Crippen LogP contribution in [0.1, 0.15) is 62.0 Å². The van der Waals surface area contributed by atoms with Crippen molar-refractivity contribution in [3.63, 3.8) is 0 Å². The van der Waals surface area contributed by atoms with Crippen molar-refractivity contribution in [2.45, 2.75) is 58.0 Å². The average Bonchev–Trinajstić information content (AvgIpc) is 3.17. The number of fused-ring (bicyclic) bond motifs is 2. The van der Waals surface area contributed by atoms with Crippen molar-refractivity contribution in [3.8, 4) is 0 Å². The smallest absolute Gasteiger partial charge is 0.277 e. The zero-order valence-electron chi connectivity index (χ0n) is 18.7. The van der Waals surface area contributed by atoms with Gasteiger partial charge >= 0.3 is 0 Å². The third-order valence-electron chi connectivity index (χ3n) is 6.23. The molecular weight excluding hydrogens is 396 g/mol. The van der Waals surface area contributed by atoms with Crippen LogP contribution in [0.25, 0.3) is 5.65 Å². The Morgan fingerprint density at radius 3 is 2.77 bits per heavy atom. The number of aromatic amines is 1. The van der Waals surface area contributed by atoms with Gasteiger partial charge in [-0.05, 0) is 39.8 Å². The van der Waals surface area contributed by atoms with Crippen molar-refractivity contribution >= 4 is 17.5 Å². The molecule has 1 saturated heterocycles. The number of likely N-dealkylation sites (tertiary alicyclic amines) is 1. The van der Waals surface area contributed by atoms with Gasteiger partial charge in [0.15, 0.2) is 5.65 Å². The van der Waals surface area contributed by atoms with Crippen LogP contribution in [0.5, 0.6) is 0 Å². The van der Waals surface area contributed by atoms with Gasteiger partial charge in [0.25, 0.3) is 5.56 Å². The van der Waals surface area contributed by atoms with Crippen molar-refractivity contribution in [2.24, 2.45) is 0 Å². The third-order valence-corrected chi connectivity index (χ3v) is 6.23. The van der Waals surface area contributed by atoms with E-state index in [1.807, 2.05) is 36.9 Å². The number of H-pyrrole nitrogens is 1. The van der Waals surface area contributed by atoms with Crippen LogP contribution >= 0.6 is 0 Å². The summed E-state index contributed by atoms with van der Waals surface area (Å²) in [6, 6.07) is 1.82. The van der Waals surface area contributed by atoms with E-state index in [2.05, 4.69) is 5.10 Å². The summed E-state index contributed by atoms with van der Waals surface area (Å²) < 4.78 is 1.48. The predicted molar refractivity (Wildman–Crippen MR) is 117 cm³/mol. The first-order chi connectivity index (χ1) is 14.9. The number of carbonyl (C=O) groups is 2. The maximum atomic E-state index is 13.2. The molecule has 0 unspecified atom stereocenters. The van der Waals surface area contributed by atoms with Gasteiger partial charge in [0.1, 0.15) is 0 Å². The molecule has 2 aromatic rings. The number of amides is 2. The molecule has 4 rings (SSSR count). The zero-order chi connectivity index (χ0) is 22.1. The molecule has 2 aliphatic heterocycles. The molecule has 0 radical (unpaired) electrons. The van der Waals surface area contributed by atoms with E-state index in [1.165, 1.54) is 4.52 Å². The summed E-state index contributed by atoms with van der Waals surface area (Å²) in [7, 11) is 3.78. The van der Waals surface area contributed by atoms with Crippen LogP contribution in [0.4, 0.5) is 0 Å². The molecule has 0 aromatic carbocycles. The van der Waals surface area contributed by atoms with E-state index < -0.39 is 0 Å². The summed E-state index contributed by atoms with van der Waals surface area (Å²) in [5, 5.41) is 3.22. The van der Waals surface area contributed by atoms with Crippen LogP contribution in [0, 0.1) is 0 Å². The standard InChI is InChI=1S/C22H32N6O3/c1-4-7-20(29)26-11-9-16-15(13-26)22(31)28-19(23-16)12-17(24-28)18-8-5-6-10-27(18)21(30)14-25(2)3/h12,18,24H,4-11,13-14H2,1-3H3/t18-/m0/s1. The van der Waals surface area contributed by atoms with E-state index >= 15 is 0 Å². The van der Waals surface area contributed by atoms with Gasteiger partial charge in [0, 0.05) is 32.0 Å². The Morgan fingerprint density at radius 1 is 1.23 bits per heavy atom. The molecule has 0 spiro atoms. The Balaban J connectivity index is 1.66. The highest BCUT2D eigenvalue weighted by Crippen LogP contribution is 2.30. The second kappa shape index (κ2) is 8.82. The number of hydrogen-bond donors (Lipinski definition) is 1. The normalized spacial score (nSPS) is 19.2. The van der Waals surface area contributed by atoms with Gasteiger partial charge in [-0.2, -0.15) is 0 Å². The molecule has 1 fully saturated rings. The molecule has 9 nitrogen and oxygen atoms in total. The molecule has 0 bridgehead atoms. The molecule has 31 heavy (non-hydrogen) atoms. The summed E-state index contributed by atoms with van der Waals surface area (Å²) in [4.78, 5) is 48.6. The fraction of sp³-hybridized carbons (Fsp3) is 0.636. The quantitative estimate of drug-likeness (QED) is 0.775. The number of nitrogens with zero attached hydrogens (tertiary/aromatic N) is 5. The second-order valence-corrected chi connectivity index (χ2v) is 8.90. The summed E-state index contributed by atoms with van der Waals surface area (Å²) in [6.45, 7) is 3.98. The Morgan fingerprint density at radius 2 is 2.03 bits per heavy atom. The largest absolute Gasteiger partial charge is 0.338 e. The Labute approximate surface area is 182 Å². The lowest BCUT2D eigenvalue weighted by atomic mass is 9.99. The first-order valence-corrected chi connectivity index (χ1v) is 11.2. The fourth-order valence-electron chi connectivity index (χ4n) is 4.67. The first kappa shape index (κ1) is 21.5. The molecular formula is C22H32N6O3. The SMILES string of the molecule is CCCC(=O)N1CCc2nc3cc([C@@H]4CCCCN4C(=O)CN(C)C)[nH]n3c(=O)c2C1. The van der Waals surface area contributed by atoms with Gasteiger partial charge in [-0.15, -0.1) is 0 Å². The van der Waals surface area contributed by atoms with E-state index in [-0.39, 0.29) is 23.4 Å². The highest BCUT2D eigenvalue weighted by molar-refractivity contribution is 5.79. The van der Waals surface area contributed by atoms with Gasteiger partial charge in [-0.25, -0.2) is 9.50 Å². The molecule has 1 N–H and O–H groups in total. The van der Waals surface area contributed by atoms with Crippen LogP contribution in [-0.4, -0.2) is 74.8 Å². The van der Waals surface area contributed by atoms with E-state index in [1.54, 1.807) is 4.90 Å². The molecule has 1 atom stereocenters. The summed E-state index contributed by atoms with van der Waals surface area (Å²) in [6.07, 6.45) is 4.77. The maximum absolute atomic E-state index is 13.2. The Kier molecular flexibility index (Phi) is 6.13. The van der Waals surface area contributed by atoms with E-state index in [9.17, 15) is 14.4 Å². The first-order valence-electron chi connectivity index (χ1n) is 11.2. The number of aromatic nitrogens is 3. The minimum Gasteiger partial charge on any atom is -0.338 e. The molecule has 2 aromatic heterocycles. The maximum Gasteiger partial charge on any atom is 0.277 e. The van der Waals surface area contributed by atoms with Crippen LogP contribution in [0.2, 0.25) is 0 Å². The molecule has 0 saturated carbocycles. The lowest BCUT2D eigenvalue weighted by Gasteiger charge is -2.35.